The first-order valence-electron chi connectivity index (χ1n) is 7.26. The normalized spacial score (nSPS) is 19.4. The summed E-state index contributed by atoms with van der Waals surface area (Å²) in [6.45, 7) is 10.2. The lowest BCUT2D eigenvalue weighted by atomic mass is 10.0. The Hall–Kier alpha value is -0.120. The summed E-state index contributed by atoms with van der Waals surface area (Å²) in [5, 5.41) is 0. The second-order valence-electron chi connectivity index (χ2n) is 5.88. The van der Waals surface area contributed by atoms with Crippen LogP contribution in [-0.2, 0) is 0 Å². The van der Waals surface area contributed by atoms with E-state index < -0.39 is 0 Å². The highest BCUT2D eigenvalue weighted by molar-refractivity contribution is 4.78. The van der Waals surface area contributed by atoms with Crippen molar-refractivity contribution in [2.45, 2.75) is 45.6 Å². The van der Waals surface area contributed by atoms with Crippen LogP contribution in [0.25, 0.3) is 0 Å². The van der Waals surface area contributed by atoms with Crippen LogP contribution in [0.2, 0.25) is 0 Å². The Morgan fingerprint density at radius 1 is 1.29 bits per heavy atom. The SMILES string of the molecule is CC(C)CCCN(C)C1CCN(CCN)CC1. The molecule has 0 atom stereocenters. The average molecular weight is 241 g/mol. The lowest BCUT2D eigenvalue weighted by Crippen LogP contribution is -2.44. The minimum Gasteiger partial charge on any atom is -0.329 e. The van der Waals surface area contributed by atoms with Crippen molar-refractivity contribution < 1.29 is 0 Å². The van der Waals surface area contributed by atoms with Crippen LogP contribution in [0.5, 0.6) is 0 Å². The first kappa shape index (κ1) is 14.9. The smallest absolute Gasteiger partial charge is 0.0117 e. The number of likely N-dealkylation sites (tertiary alicyclic amines) is 1. The van der Waals surface area contributed by atoms with Crippen LogP contribution in [0, 0.1) is 5.92 Å². The van der Waals surface area contributed by atoms with E-state index in [0.29, 0.717) is 0 Å². The highest BCUT2D eigenvalue weighted by Crippen LogP contribution is 2.16. The number of hydrogen-bond acceptors (Lipinski definition) is 3. The molecular formula is C14H31N3. The second-order valence-corrected chi connectivity index (χ2v) is 5.88. The van der Waals surface area contributed by atoms with Crippen LogP contribution in [0.4, 0.5) is 0 Å². The molecule has 3 nitrogen and oxygen atoms in total. The molecule has 0 unspecified atom stereocenters. The molecule has 102 valence electrons. The Morgan fingerprint density at radius 2 is 1.94 bits per heavy atom. The Kier molecular flexibility index (Phi) is 7.09. The van der Waals surface area contributed by atoms with Crippen molar-refractivity contribution >= 4 is 0 Å². The first-order valence-corrected chi connectivity index (χ1v) is 7.26. The van der Waals surface area contributed by atoms with Gasteiger partial charge in [-0.05, 0) is 58.3 Å². The second kappa shape index (κ2) is 8.06. The maximum Gasteiger partial charge on any atom is 0.0117 e. The van der Waals surface area contributed by atoms with Crippen molar-refractivity contribution in [3.8, 4) is 0 Å². The zero-order valence-electron chi connectivity index (χ0n) is 12.0. The molecule has 17 heavy (non-hydrogen) atoms. The maximum absolute atomic E-state index is 5.60. The summed E-state index contributed by atoms with van der Waals surface area (Å²) >= 11 is 0. The molecule has 0 spiro atoms. The molecule has 1 aliphatic heterocycles. The molecule has 0 amide bonds. The summed E-state index contributed by atoms with van der Waals surface area (Å²) in [6, 6.07) is 0.802. The van der Waals surface area contributed by atoms with E-state index in [1.54, 1.807) is 0 Å². The number of rotatable bonds is 7. The van der Waals surface area contributed by atoms with Crippen LogP contribution < -0.4 is 5.73 Å². The highest BCUT2D eigenvalue weighted by atomic mass is 15.2. The van der Waals surface area contributed by atoms with Gasteiger partial charge < -0.3 is 15.5 Å². The summed E-state index contributed by atoms with van der Waals surface area (Å²) in [5.74, 6) is 0.842. The topological polar surface area (TPSA) is 32.5 Å². The van der Waals surface area contributed by atoms with Gasteiger partial charge in [-0.15, -0.1) is 0 Å². The van der Waals surface area contributed by atoms with Gasteiger partial charge in [-0.2, -0.15) is 0 Å². The maximum atomic E-state index is 5.60. The molecule has 1 rings (SSSR count). The van der Waals surface area contributed by atoms with Crippen LogP contribution in [0.1, 0.15) is 39.5 Å². The molecule has 0 aliphatic carbocycles. The quantitative estimate of drug-likeness (QED) is 0.737. The van der Waals surface area contributed by atoms with Gasteiger partial charge in [0.05, 0.1) is 0 Å². The summed E-state index contributed by atoms with van der Waals surface area (Å²) < 4.78 is 0. The Labute approximate surface area is 107 Å². The van der Waals surface area contributed by atoms with E-state index in [9.17, 15) is 0 Å². The summed E-state index contributed by atoms with van der Waals surface area (Å²) in [7, 11) is 2.30. The number of piperidine rings is 1. The van der Waals surface area contributed by atoms with Crippen LogP contribution in [0.3, 0.4) is 0 Å². The van der Waals surface area contributed by atoms with Gasteiger partial charge >= 0.3 is 0 Å². The van der Waals surface area contributed by atoms with Gasteiger partial charge in [0, 0.05) is 19.1 Å². The van der Waals surface area contributed by atoms with Gasteiger partial charge in [-0.3, -0.25) is 0 Å². The van der Waals surface area contributed by atoms with Crippen LogP contribution in [0.15, 0.2) is 0 Å². The van der Waals surface area contributed by atoms with Crippen LogP contribution in [-0.4, -0.2) is 55.6 Å². The molecule has 3 heteroatoms. The predicted octanol–water partition coefficient (Wildman–Crippen LogP) is 1.78. The highest BCUT2D eigenvalue weighted by Gasteiger charge is 2.21. The minimum atomic E-state index is 0.800. The Bertz CT molecular complexity index is 186. The first-order chi connectivity index (χ1) is 8.13. The van der Waals surface area contributed by atoms with Gasteiger partial charge in [0.2, 0.25) is 0 Å². The molecule has 0 bridgehead atoms. The number of nitrogens with zero attached hydrogens (tertiary/aromatic N) is 2. The summed E-state index contributed by atoms with van der Waals surface area (Å²) in [6.07, 6.45) is 5.34. The van der Waals surface area contributed by atoms with Crippen molar-refractivity contribution in [2.75, 3.05) is 39.8 Å². The van der Waals surface area contributed by atoms with Crippen molar-refractivity contribution in [3.63, 3.8) is 0 Å². The van der Waals surface area contributed by atoms with Gasteiger partial charge in [-0.25, -0.2) is 0 Å². The molecule has 1 heterocycles. The predicted molar refractivity (Wildman–Crippen MR) is 75.2 cm³/mol. The van der Waals surface area contributed by atoms with E-state index in [-0.39, 0.29) is 0 Å². The lowest BCUT2D eigenvalue weighted by Gasteiger charge is -2.36. The Morgan fingerprint density at radius 3 is 2.47 bits per heavy atom. The summed E-state index contributed by atoms with van der Waals surface area (Å²) in [4.78, 5) is 5.07. The molecule has 1 aliphatic rings. The van der Waals surface area contributed by atoms with E-state index in [2.05, 4.69) is 30.7 Å². The van der Waals surface area contributed by atoms with E-state index >= 15 is 0 Å². The van der Waals surface area contributed by atoms with Crippen LogP contribution >= 0.6 is 0 Å². The van der Waals surface area contributed by atoms with E-state index in [1.165, 1.54) is 45.3 Å². The molecule has 1 saturated heterocycles. The van der Waals surface area contributed by atoms with E-state index in [4.69, 9.17) is 5.73 Å². The molecule has 0 aromatic carbocycles. The molecule has 1 fully saturated rings. The van der Waals surface area contributed by atoms with E-state index in [0.717, 1.165) is 25.0 Å². The molecule has 2 N–H and O–H groups in total. The standard InChI is InChI=1S/C14H31N3/c1-13(2)5-4-9-16(3)14-6-10-17(11-7-14)12-8-15/h13-14H,4-12,15H2,1-3H3. The number of hydrogen-bond donors (Lipinski definition) is 1. The van der Waals surface area contributed by atoms with Gasteiger partial charge in [0.15, 0.2) is 0 Å². The monoisotopic (exact) mass is 241 g/mol. The zero-order chi connectivity index (χ0) is 12.7. The fourth-order valence-corrected chi connectivity index (χ4v) is 2.70. The van der Waals surface area contributed by atoms with Crippen molar-refractivity contribution in [1.82, 2.24) is 9.80 Å². The van der Waals surface area contributed by atoms with Gasteiger partial charge in [0.1, 0.15) is 0 Å². The largest absolute Gasteiger partial charge is 0.329 e. The van der Waals surface area contributed by atoms with Gasteiger partial charge in [0.25, 0.3) is 0 Å². The van der Waals surface area contributed by atoms with Crippen molar-refractivity contribution in [2.24, 2.45) is 11.7 Å². The minimum absolute atomic E-state index is 0.800. The lowest BCUT2D eigenvalue weighted by molar-refractivity contribution is 0.128. The molecular weight excluding hydrogens is 210 g/mol. The number of nitrogens with two attached hydrogens (primary N) is 1. The molecule has 0 saturated carbocycles. The van der Waals surface area contributed by atoms with E-state index in [1.807, 2.05) is 0 Å². The summed E-state index contributed by atoms with van der Waals surface area (Å²) in [5.41, 5.74) is 5.60. The van der Waals surface area contributed by atoms with Gasteiger partial charge in [-0.1, -0.05) is 13.8 Å². The zero-order valence-corrected chi connectivity index (χ0v) is 12.0. The average Bonchev–Trinajstić information content (AvgIpc) is 2.30. The van der Waals surface area contributed by atoms with Crippen molar-refractivity contribution in [3.05, 3.63) is 0 Å². The van der Waals surface area contributed by atoms with Crippen molar-refractivity contribution in [1.29, 1.82) is 0 Å². The molecule has 0 radical (unpaired) electrons. The molecule has 0 aromatic rings. The fourth-order valence-electron chi connectivity index (χ4n) is 2.70. The third-order valence-corrected chi connectivity index (χ3v) is 3.92. The Balaban J connectivity index is 2.14. The third-order valence-electron chi connectivity index (χ3n) is 3.92. The third kappa shape index (κ3) is 5.84. The molecule has 0 aromatic heterocycles. The fraction of sp³-hybridized carbons (Fsp3) is 1.00.